The summed E-state index contributed by atoms with van der Waals surface area (Å²) >= 11 is 0. The van der Waals surface area contributed by atoms with Gasteiger partial charge in [-0.25, -0.2) is 8.42 Å². The molecule has 0 bridgehead atoms. The summed E-state index contributed by atoms with van der Waals surface area (Å²) in [7, 11) is -2.89. The molecule has 1 aromatic carbocycles. The molecule has 0 amide bonds. The molecular weight excluding hydrogens is 224 g/mol. The molecule has 1 aromatic rings. The van der Waals surface area contributed by atoms with Crippen LogP contribution in [0.4, 0.5) is 0 Å². The lowest BCUT2D eigenvalue weighted by atomic mass is 9.96. The lowest BCUT2D eigenvalue weighted by Gasteiger charge is -2.16. The smallest absolute Gasteiger partial charge is 0.150 e. The van der Waals surface area contributed by atoms with E-state index in [9.17, 15) is 13.5 Å². The summed E-state index contributed by atoms with van der Waals surface area (Å²) in [4.78, 5) is 0. The average Bonchev–Trinajstić information content (AvgIpc) is 2.60. The van der Waals surface area contributed by atoms with Gasteiger partial charge >= 0.3 is 0 Å². The minimum absolute atomic E-state index is 0.0924. The number of aliphatic hydroxyl groups excluding tert-OH is 1. The van der Waals surface area contributed by atoms with Crippen LogP contribution in [0.1, 0.15) is 12.0 Å². The van der Waals surface area contributed by atoms with Gasteiger partial charge in [0.1, 0.15) is 0 Å². The first-order valence-electron chi connectivity index (χ1n) is 5.49. The van der Waals surface area contributed by atoms with Gasteiger partial charge in [0, 0.05) is 5.92 Å². The van der Waals surface area contributed by atoms with Crippen molar-refractivity contribution in [3.63, 3.8) is 0 Å². The van der Waals surface area contributed by atoms with Crippen molar-refractivity contribution in [1.82, 2.24) is 0 Å². The Labute approximate surface area is 96.0 Å². The van der Waals surface area contributed by atoms with Crippen LogP contribution in [0.15, 0.2) is 30.3 Å². The van der Waals surface area contributed by atoms with Crippen LogP contribution < -0.4 is 0 Å². The average molecular weight is 240 g/mol. The van der Waals surface area contributed by atoms with Gasteiger partial charge in [0.05, 0.1) is 17.6 Å². The number of sulfone groups is 1. The van der Waals surface area contributed by atoms with Crippen molar-refractivity contribution in [2.45, 2.75) is 18.9 Å². The Morgan fingerprint density at radius 2 is 2.00 bits per heavy atom. The summed E-state index contributed by atoms with van der Waals surface area (Å²) in [6.45, 7) is 0. The molecule has 0 aliphatic carbocycles. The predicted octanol–water partition coefficient (Wildman–Crippen LogP) is 1.02. The van der Waals surface area contributed by atoms with Crippen molar-refractivity contribution in [3.8, 4) is 0 Å². The van der Waals surface area contributed by atoms with Crippen LogP contribution in [0.2, 0.25) is 0 Å². The van der Waals surface area contributed by atoms with E-state index in [-0.39, 0.29) is 17.4 Å². The molecule has 1 fully saturated rings. The number of rotatable bonds is 3. The summed E-state index contributed by atoms with van der Waals surface area (Å²) in [5.41, 5.74) is 1.05. The number of aliphatic hydroxyl groups is 1. The number of hydrogen-bond donors (Lipinski definition) is 1. The molecule has 4 heteroatoms. The molecule has 0 saturated carbocycles. The molecule has 2 rings (SSSR count). The second kappa shape index (κ2) is 4.55. The zero-order chi connectivity index (χ0) is 11.6. The minimum atomic E-state index is -2.89. The highest BCUT2D eigenvalue weighted by Crippen LogP contribution is 2.23. The fourth-order valence-corrected chi connectivity index (χ4v) is 4.02. The Balaban J connectivity index is 1.97. The first kappa shape index (κ1) is 11.6. The summed E-state index contributed by atoms with van der Waals surface area (Å²) in [6, 6.07) is 9.68. The molecule has 0 radical (unpaired) electrons. The molecule has 88 valence electrons. The van der Waals surface area contributed by atoms with Crippen LogP contribution >= 0.6 is 0 Å². The third-order valence-corrected chi connectivity index (χ3v) is 4.89. The third-order valence-electron chi connectivity index (χ3n) is 3.10. The zero-order valence-electron chi connectivity index (χ0n) is 9.04. The number of benzene rings is 1. The normalized spacial score (nSPS) is 25.4. The molecule has 3 nitrogen and oxygen atoms in total. The van der Waals surface area contributed by atoms with Crippen LogP contribution in [0.5, 0.6) is 0 Å². The molecule has 1 aliphatic heterocycles. The second-order valence-corrected chi connectivity index (χ2v) is 6.65. The van der Waals surface area contributed by atoms with Gasteiger partial charge in [0.25, 0.3) is 0 Å². The van der Waals surface area contributed by atoms with Crippen LogP contribution in [0.3, 0.4) is 0 Å². The van der Waals surface area contributed by atoms with Crippen LogP contribution in [-0.2, 0) is 16.3 Å². The topological polar surface area (TPSA) is 54.4 Å². The highest BCUT2D eigenvalue weighted by atomic mass is 32.2. The van der Waals surface area contributed by atoms with Crippen molar-refractivity contribution < 1.29 is 13.5 Å². The van der Waals surface area contributed by atoms with Crippen molar-refractivity contribution in [2.24, 2.45) is 5.92 Å². The van der Waals surface area contributed by atoms with E-state index in [1.807, 2.05) is 30.3 Å². The summed E-state index contributed by atoms with van der Waals surface area (Å²) in [5.74, 6) is 0.273. The molecule has 2 unspecified atom stereocenters. The first-order valence-corrected chi connectivity index (χ1v) is 7.31. The minimum Gasteiger partial charge on any atom is -0.392 e. The van der Waals surface area contributed by atoms with E-state index >= 15 is 0 Å². The van der Waals surface area contributed by atoms with Gasteiger partial charge < -0.3 is 5.11 Å². The van der Waals surface area contributed by atoms with Crippen molar-refractivity contribution in [1.29, 1.82) is 0 Å². The Hall–Kier alpha value is -0.870. The molecule has 1 saturated heterocycles. The molecule has 1 aliphatic rings. The lowest BCUT2D eigenvalue weighted by Crippen LogP contribution is -2.23. The van der Waals surface area contributed by atoms with E-state index in [0.717, 1.165) is 5.56 Å². The SMILES string of the molecule is O=S1(=O)CCC(C(O)Cc2ccccc2)C1. The van der Waals surface area contributed by atoms with E-state index in [4.69, 9.17) is 0 Å². The monoisotopic (exact) mass is 240 g/mol. The Morgan fingerprint density at radius 3 is 2.56 bits per heavy atom. The highest BCUT2D eigenvalue weighted by Gasteiger charge is 2.32. The second-order valence-electron chi connectivity index (χ2n) is 4.42. The summed E-state index contributed by atoms with van der Waals surface area (Å²) < 4.78 is 22.6. The van der Waals surface area contributed by atoms with Gasteiger partial charge in [-0.05, 0) is 18.4 Å². The molecule has 16 heavy (non-hydrogen) atoms. The van der Waals surface area contributed by atoms with Gasteiger partial charge in [-0.15, -0.1) is 0 Å². The standard InChI is InChI=1S/C12H16O3S/c13-12(8-10-4-2-1-3-5-10)11-6-7-16(14,15)9-11/h1-5,11-13H,6-9H2. The van der Waals surface area contributed by atoms with E-state index in [0.29, 0.717) is 12.8 Å². The van der Waals surface area contributed by atoms with Crippen molar-refractivity contribution in [3.05, 3.63) is 35.9 Å². The molecule has 2 atom stereocenters. The predicted molar refractivity (Wildman–Crippen MR) is 62.9 cm³/mol. The maximum absolute atomic E-state index is 11.3. The van der Waals surface area contributed by atoms with E-state index < -0.39 is 15.9 Å². The molecule has 1 heterocycles. The molecule has 0 spiro atoms. The lowest BCUT2D eigenvalue weighted by molar-refractivity contribution is 0.120. The maximum atomic E-state index is 11.3. The highest BCUT2D eigenvalue weighted by molar-refractivity contribution is 7.91. The fraction of sp³-hybridized carbons (Fsp3) is 0.500. The third kappa shape index (κ3) is 2.83. The zero-order valence-corrected chi connectivity index (χ0v) is 9.86. The van der Waals surface area contributed by atoms with Gasteiger partial charge in [0.2, 0.25) is 0 Å². The van der Waals surface area contributed by atoms with Crippen LogP contribution in [-0.4, -0.2) is 31.1 Å². The van der Waals surface area contributed by atoms with E-state index in [1.54, 1.807) is 0 Å². The summed E-state index contributed by atoms with van der Waals surface area (Å²) in [5, 5.41) is 9.97. The Bertz CT molecular complexity index is 439. The van der Waals surface area contributed by atoms with Gasteiger partial charge in [0.15, 0.2) is 9.84 Å². The fourth-order valence-electron chi connectivity index (χ4n) is 2.15. The van der Waals surface area contributed by atoms with Crippen LogP contribution in [0, 0.1) is 5.92 Å². The largest absolute Gasteiger partial charge is 0.392 e. The molecule has 1 N–H and O–H groups in total. The maximum Gasteiger partial charge on any atom is 0.150 e. The van der Waals surface area contributed by atoms with Gasteiger partial charge in [-0.2, -0.15) is 0 Å². The Morgan fingerprint density at radius 1 is 1.31 bits per heavy atom. The molecular formula is C12H16O3S. The van der Waals surface area contributed by atoms with Gasteiger partial charge in [-0.1, -0.05) is 30.3 Å². The van der Waals surface area contributed by atoms with Gasteiger partial charge in [-0.3, -0.25) is 0 Å². The molecule has 0 aromatic heterocycles. The van der Waals surface area contributed by atoms with Crippen molar-refractivity contribution >= 4 is 9.84 Å². The number of hydrogen-bond acceptors (Lipinski definition) is 3. The van der Waals surface area contributed by atoms with E-state index in [2.05, 4.69) is 0 Å². The summed E-state index contributed by atoms with van der Waals surface area (Å²) in [6.07, 6.45) is 0.594. The first-order chi connectivity index (χ1) is 7.57. The van der Waals surface area contributed by atoms with Crippen LogP contribution in [0.25, 0.3) is 0 Å². The Kier molecular flexibility index (Phi) is 3.30. The van der Waals surface area contributed by atoms with Crippen molar-refractivity contribution in [2.75, 3.05) is 11.5 Å². The van der Waals surface area contributed by atoms with E-state index in [1.165, 1.54) is 0 Å². The quantitative estimate of drug-likeness (QED) is 0.858.